The van der Waals surface area contributed by atoms with Crippen molar-refractivity contribution in [2.75, 3.05) is 31.1 Å². The van der Waals surface area contributed by atoms with Crippen molar-refractivity contribution in [2.24, 2.45) is 5.73 Å². The van der Waals surface area contributed by atoms with Gasteiger partial charge in [0.05, 0.1) is 12.1 Å². The van der Waals surface area contributed by atoms with E-state index in [0.29, 0.717) is 0 Å². The van der Waals surface area contributed by atoms with Gasteiger partial charge in [-0.2, -0.15) is 17.0 Å². The van der Waals surface area contributed by atoms with Crippen LogP contribution in [0.25, 0.3) is 0 Å². The second-order valence-corrected chi connectivity index (χ2v) is 4.56. The maximum absolute atomic E-state index is 8.48. The van der Waals surface area contributed by atoms with Crippen molar-refractivity contribution in [1.82, 2.24) is 4.90 Å². The third kappa shape index (κ3) is 4.51. The predicted octanol–water partition coefficient (Wildman–Crippen LogP) is 0.666. The highest BCUT2D eigenvalue weighted by Crippen LogP contribution is 2.09. The van der Waals surface area contributed by atoms with E-state index >= 15 is 0 Å². The quantitative estimate of drug-likeness (QED) is 0.723. The van der Waals surface area contributed by atoms with Gasteiger partial charge in [-0.25, -0.2) is 0 Å². The van der Waals surface area contributed by atoms with Crippen LogP contribution in [0.2, 0.25) is 0 Å². The lowest BCUT2D eigenvalue weighted by molar-refractivity contribution is 0.294. The van der Waals surface area contributed by atoms with Crippen LogP contribution in [-0.4, -0.2) is 42.1 Å². The van der Waals surface area contributed by atoms with E-state index in [0.717, 1.165) is 19.4 Å². The Morgan fingerprint density at radius 2 is 2.15 bits per heavy atom. The van der Waals surface area contributed by atoms with Crippen molar-refractivity contribution in [3.8, 4) is 6.07 Å². The zero-order chi connectivity index (χ0) is 9.52. The van der Waals surface area contributed by atoms with E-state index in [1.807, 2.05) is 11.8 Å². The number of nitriles is 1. The number of hydrogen-bond donors (Lipinski definition) is 1. The Labute approximate surface area is 84.3 Å². The smallest absolute Gasteiger partial charge is 0.0928 e. The van der Waals surface area contributed by atoms with Crippen molar-refractivity contribution in [1.29, 1.82) is 5.26 Å². The summed E-state index contributed by atoms with van der Waals surface area (Å²) in [6.45, 7) is 3.51. The Kier molecular flexibility index (Phi) is 5.21. The molecular weight excluding hydrogens is 182 g/mol. The molecule has 1 atom stereocenters. The molecule has 1 aliphatic heterocycles. The van der Waals surface area contributed by atoms with E-state index in [9.17, 15) is 0 Å². The van der Waals surface area contributed by atoms with E-state index in [4.69, 9.17) is 11.0 Å². The average molecular weight is 199 g/mol. The van der Waals surface area contributed by atoms with Gasteiger partial charge in [-0.15, -0.1) is 0 Å². The Hall–Kier alpha value is -0.240. The van der Waals surface area contributed by atoms with Gasteiger partial charge in [0.15, 0.2) is 0 Å². The van der Waals surface area contributed by atoms with Crippen molar-refractivity contribution in [3.05, 3.63) is 0 Å². The molecule has 74 valence electrons. The highest BCUT2D eigenvalue weighted by molar-refractivity contribution is 7.99. The molecule has 1 fully saturated rings. The van der Waals surface area contributed by atoms with Gasteiger partial charge in [0, 0.05) is 24.6 Å². The Morgan fingerprint density at radius 1 is 1.46 bits per heavy atom. The van der Waals surface area contributed by atoms with Gasteiger partial charge in [-0.05, 0) is 19.4 Å². The van der Waals surface area contributed by atoms with Crippen LogP contribution in [0.1, 0.15) is 12.8 Å². The minimum Gasteiger partial charge on any atom is -0.316 e. The Bertz CT molecular complexity index is 172. The molecule has 0 radical (unpaired) electrons. The summed E-state index contributed by atoms with van der Waals surface area (Å²) in [6.07, 6.45) is 1.89. The van der Waals surface area contributed by atoms with Crippen molar-refractivity contribution in [2.45, 2.75) is 18.9 Å². The van der Waals surface area contributed by atoms with Gasteiger partial charge < -0.3 is 10.6 Å². The first-order valence-electron chi connectivity index (χ1n) is 4.78. The van der Waals surface area contributed by atoms with Gasteiger partial charge in [-0.3, -0.25) is 0 Å². The molecule has 2 N–H and O–H groups in total. The fourth-order valence-electron chi connectivity index (χ4n) is 1.42. The molecule has 1 rings (SSSR count). The van der Waals surface area contributed by atoms with Crippen LogP contribution >= 0.6 is 11.8 Å². The van der Waals surface area contributed by atoms with E-state index in [1.165, 1.54) is 24.6 Å². The van der Waals surface area contributed by atoms with Gasteiger partial charge >= 0.3 is 0 Å². The maximum atomic E-state index is 8.48. The van der Waals surface area contributed by atoms with E-state index in [-0.39, 0.29) is 6.04 Å². The number of nitrogens with zero attached hydrogens (tertiary/aromatic N) is 2. The van der Waals surface area contributed by atoms with E-state index in [2.05, 4.69) is 11.0 Å². The molecule has 1 unspecified atom stereocenters. The summed E-state index contributed by atoms with van der Waals surface area (Å²) in [5.74, 6) is 2.51. The molecule has 1 saturated heterocycles. The van der Waals surface area contributed by atoms with Crippen molar-refractivity contribution >= 4 is 11.8 Å². The van der Waals surface area contributed by atoms with Gasteiger partial charge in [0.1, 0.15) is 0 Å². The molecule has 0 saturated carbocycles. The highest BCUT2D eigenvalue weighted by Gasteiger charge is 2.09. The molecular formula is C9H17N3S. The summed E-state index contributed by atoms with van der Waals surface area (Å²) in [5, 5.41) is 8.48. The molecule has 0 aromatic carbocycles. The first-order valence-corrected chi connectivity index (χ1v) is 5.93. The second-order valence-electron chi connectivity index (χ2n) is 3.33. The second kappa shape index (κ2) is 6.25. The van der Waals surface area contributed by atoms with Crippen LogP contribution in [0.4, 0.5) is 0 Å². The van der Waals surface area contributed by atoms with Crippen LogP contribution in [-0.2, 0) is 0 Å². The molecule has 4 heteroatoms. The number of rotatable bonds is 4. The lowest BCUT2D eigenvalue weighted by atomic mass is 10.2. The van der Waals surface area contributed by atoms with Gasteiger partial charge in [0.25, 0.3) is 0 Å². The lowest BCUT2D eigenvalue weighted by Crippen LogP contribution is -2.34. The third-order valence-corrected chi connectivity index (χ3v) is 3.20. The molecule has 13 heavy (non-hydrogen) atoms. The highest BCUT2D eigenvalue weighted by atomic mass is 32.2. The van der Waals surface area contributed by atoms with Crippen LogP contribution in [0.15, 0.2) is 0 Å². The molecule has 0 amide bonds. The molecule has 0 bridgehead atoms. The summed E-state index contributed by atoms with van der Waals surface area (Å²) >= 11 is 2.02. The van der Waals surface area contributed by atoms with Crippen LogP contribution in [0.3, 0.4) is 0 Å². The van der Waals surface area contributed by atoms with Crippen molar-refractivity contribution < 1.29 is 0 Å². The summed E-state index contributed by atoms with van der Waals surface area (Å²) in [6, 6.07) is 1.79. The average Bonchev–Trinajstić information content (AvgIpc) is 2.19. The predicted molar refractivity (Wildman–Crippen MR) is 56.6 cm³/mol. The van der Waals surface area contributed by atoms with Crippen LogP contribution < -0.4 is 5.73 Å². The molecule has 0 spiro atoms. The summed E-state index contributed by atoms with van der Waals surface area (Å²) in [5.41, 5.74) is 5.50. The monoisotopic (exact) mass is 199 g/mol. The fourth-order valence-corrected chi connectivity index (χ4v) is 2.40. The van der Waals surface area contributed by atoms with Gasteiger partial charge in [-0.1, -0.05) is 0 Å². The first kappa shape index (κ1) is 10.8. The third-order valence-electron chi connectivity index (χ3n) is 2.26. The SMILES string of the molecule is N#CC(N)CCCN1CCSCC1. The van der Waals surface area contributed by atoms with Crippen LogP contribution in [0, 0.1) is 11.3 Å². The van der Waals surface area contributed by atoms with Crippen molar-refractivity contribution in [3.63, 3.8) is 0 Å². The summed E-state index contributed by atoms with van der Waals surface area (Å²) in [4.78, 5) is 2.46. The number of thioether (sulfide) groups is 1. The molecule has 1 aliphatic rings. The zero-order valence-corrected chi connectivity index (χ0v) is 8.72. The Balaban J connectivity index is 2.02. The summed E-state index contributed by atoms with van der Waals surface area (Å²) < 4.78 is 0. The molecule has 0 aliphatic carbocycles. The normalized spacial score (nSPS) is 20.9. The Morgan fingerprint density at radius 3 is 2.77 bits per heavy atom. The number of nitrogens with two attached hydrogens (primary N) is 1. The lowest BCUT2D eigenvalue weighted by Gasteiger charge is -2.26. The molecule has 3 nitrogen and oxygen atoms in total. The minimum atomic E-state index is -0.265. The van der Waals surface area contributed by atoms with Crippen LogP contribution in [0.5, 0.6) is 0 Å². The topological polar surface area (TPSA) is 53.1 Å². The number of hydrogen-bond acceptors (Lipinski definition) is 4. The molecule has 0 aromatic heterocycles. The zero-order valence-electron chi connectivity index (χ0n) is 7.91. The maximum Gasteiger partial charge on any atom is 0.0928 e. The van der Waals surface area contributed by atoms with E-state index in [1.54, 1.807) is 0 Å². The fraction of sp³-hybridized carbons (Fsp3) is 0.889. The first-order chi connectivity index (χ1) is 6.33. The minimum absolute atomic E-state index is 0.265. The summed E-state index contributed by atoms with van der Waals surface area (Å²) in [7, 11) is 0. The molecule has 0 aromatic rings. The van der Waals surface area contributed by atoms with Gasteiger partial charge in [0.2, 0.25) is 0 Å². The van der Waals surface area contributed by atoms with E-state index < -0.39 is 0 Å². The largest absolute Gasteiger partial charge is 0.316 e. The molecule has 1 heterocycles. The standard InChI is InChI=1S/C9H17N3S/c10-8-9(11)2-1-3-12-4-6-13-7-5-12/h9H,1-7,11H2.